The van der Waals surface area contributed by atoms with Gasteiger partial charge in [-0.3, -0.25) is 15.1 Å². The molecule has 0 spiro atoms. The number of amidine groups is 1. The molecular formula is C21H21F3N6O3S. The lowest BCUT2D eigenvalue weighted by Crippen LogP contribution is -2.51. The van der Waals surface area contributed by atoms with E-state index in [1.807, 2.05) is 11.0 Å². The lowest BCUT2D eigenvalue weighted by Gasteiger charge is -2.36. The van der Waals surface area contributed by atoms with Gasteiger partial charge in [0, 0.05) is 43.0 Å². The van der Waals surface area contributed by atoms with Crippen LogP contribution < -0.4 is 16.2 Å². The summed E-state index contributed by atoms with van der Waals surface area (Å²) in [4.78, 5) is 18.3. The van der Waals surface area contributed by atoms with E-state index in [-0.39, 0.29) is 23.9 Å². The van der Waals surface area contributed by atoms with Crippen LogP contribution in [0.5, 0.6) is 0 Å². The molecule has 3 aliphatic heterocycles. The van der Waals surface area contributed by atoms with Crippen LogP contribution in [0, 0.1) is 0 Å². The average Bonchev–Trinajstić information content (AvgIpc) is 2.81. The van der Waals surface area contributed by atoms with Gasteiger partial charge < -0.3 is 5.32 Å². The van der Waals surface area contributed by atoms with Gasteiger partial charge >= 0.3 is 6.18 Å². The van der Waals surface area contributed by atoms with Crippen LogP contribution in [0.15, 0.2) is 52.4 Å². The SMILES string of the molecule is O=C1NNC2N=C(CN3CCN(S(=O)(=O)c4cccc(C(F)(F)F)c4)CC3)Nc3cccc1c32. The third kappa shape index (κ3) is 4.15. The molecule has 3 heterocycles. The Morgan fingerprint density at radius 3 is 2.53 bits per heavy atom. The first kappa shape index (κ1) is 22.8. The third-order valence-electron chi connectivity index (χ3n) is 6.01. The molecule has 2 aromatic rings. The highest BCUT2D eigenvalue weighted by atomic mass is 32.2. The number of piperazine rings is 1. The van der Waals surface area contributed by atoms with Crippen LogP contribution in [0.1, 0.15) is 27.7 Å². The van der Waals surface area contributed by atoms with Gasteiger partial charge in [-0.25, -0.2) is 18.8 Å². The van der Waals surface area contributed by atoms with Crippen molar-refractivity contribution in [2.75, 3.05) is 38.0 Å². The number of halogens is 3. The molecule has 1 amide bonds. The van der Waals surface area contributed by atoms with Crippen LogP contribution in [-0.2, 0) is 16.2 Å². The van der Waals surface area contributed by atoms with Gasteiger partial charge in [0.05, 0.1) is 17.0 Å². The number of sulfonamides is 1. The summed E-state index contributed by atoms with van der Waals surface area (Å²) in [5, 5.41) is 3.24. The molecule has 1 unspecified atom stereocenters. The maximum absolute atomic E-state index is 13.0. The second-order valence-corrected chi connectivity index (χ2v) is 10.1. The van der Waals surface area contributed by atoms with Gasteiger partial charge in [-0.2, -0.15) is 17.5 Å². The Bertz CT molecular complexity index is 1270. The molecule has 1 saturated heterocycles. The Labute approximate surface area is 193 Å². The maximum Gasteiger partial charge on any atom is 0.416 e. The van der Waals surface area contributed by atoms with Crippen molar-refractivity contribution in [2.24, 2.45) is 4.99 Å². The number of carbonyl (C=O) groups is 1. The predicted octanol–water partition coefficient (Wildman–Crippen LogP) is 1.78. The summed E-state index contributed by atoms with van der Waals surface area (Å²) in [7, 11) is -4.05. The first-order valence-electron chi connectivity index (χ1n) is 10.6. The van der Waals surface area contributed by atoms with Gasteiger partial charge in [0.1, 0.15) is 12.0 Å². The number of benzene rings is 2. The van der Waals surface area contributed by atoms with Gasteiger partial charge in [0.15, 0.2) is 0 Å². The summed E-state index contributed by atoms with van der Waals surface area (Å²) >= 11 is 0. The second kappa shape index (κ2) is 8.34. The van der Waals surface area contributed by atoms with E-state index in [1.165, 1.54) is 10.4 Å². The van der Waals surface area contributed by atoms with Gasteiger partial charge in [0.2, 0.25) is 10.0 Å². The van der Waals surface area contributed by atoms with Crippen molar-refractivity contribution in [3.8, 4) is 0 Å². The lowest BCUT2D eigenvalue weighted by molar-refractivity contribution is -0.137. The van der Waals surface area contributed by atoms with Crippen molar-refractivity contribution in [3.63, 3.8) is 0 Å². The molecule has 3 aliphatic rings. The van der Waals surface area contributed by atoms with Crippen LogP contribution in [0.25, 0.3) is 0 Å². The summed E-state index contributed by atoms with van der Waals surface area (Å²) in [6, 6.07) is 9.17. The molecule has 3 N–H and O–H groups in total. The molecule has 0 bridgehead atoms. The number of hydrazine groups is 1. The van der Waals surface area contributed by atoms with Gasteiger partial charge in [-0.1, -0.05) is 12.1 Å². The van der Waals surface area contributed by atoms with Gasteiger partial charge in [0.25, 0.3) is 5.91 Å². The Balaban J connectivity index is 1.25. The highest BCUT2D eigenvalue weighted by molar-refractivity contribution is 7.89. The maximum atomic E-state index is 13.0. The molecule has 2 aromatic carbocycles. The highest BCUT2D eigenvalue weighted by Crippen LogP contribution is 2.33. The van der Waals surface area contributed by atoms with Crippen molar-refractivity contribution in [1.29, 1.82) is 0 Å². The van der Waals surface area contributed by atoms with E-state index in [9.17, 15) is 26.4 Å². The second-order valence-electron chi connectivity index (χ2n) is 8.17. The van der Waals surface area contributed by atoms with Crippen LogP contribution in [-0.4, -0.2) is 62.1 Å². The zero-order chi connectivity index (χ0) is 24.1. The van der Waals surface area contributed by atoms with Crippen LogP contribution >= 0.6 is 0 Å². The molecule has 1 atom stereocenters. The largest absolute Gasteiger partial charge is 0.416 e. The molecular weight excluding hydrogens is 473 g/mol. The molecule has 0 saturated carbocycles. The minimum Gasteiger partial charge on any atom is -0.343 e. The van der Waals surface area contributed by atoms with E-state index >= 15 is 0 Å². The number of anilines is 1. The molecule has 0 aliphatic carbocycles. The minimum absolute atomic E-state index is 0.143. The number of hydrogen-bond donors (Lipinski definition) is 3. The van der Waals surface area contributed by atoms with Crippen molar-refractivity contribution < 1.29 is 26.4 Å². The summed E-state index contributed by atoms with van der Waals surface area (Å²) in [5.41, 5.74) is 6.57. The van der Waals surface area contributed by atoms with Gasteiger partial charge in [-0.05, 0) is 30.3 Å². The number of alkyl halides is 3. The van der Waals surface area contributed by atoms with E-state index in [1.54, 1.807) is 12.1 Å². The van der Waals surface area contributed by atoms with Crippen molar-refractivity contribution in [1.82, 2.24) is 20.1 Å². The van der Waals surface area contributed by atoms with Crippen molar-refractivity contribution in [2.45, 2.75) is 17.2 Å². The quantitative estimate of drug-likeness (QED) is 0.599. The molecule has 9 nitrogen and oxygen atoms in total. The first-order valence-corrected chi connectivity index (χ1v) is 12.0. The Morgan fingerprint density at radius 1 is 1.06 bits per heavy atom. The van der Waals surface area contributed by atoms with Crippen LogP contribution in [0.2, 0.25) is 0 Å². The van der Waals surface area contributed by atoms with E-state index in [2.05, 4.69) is 21.2 Å². The van der Waals surface area contributed by atoms with E-state index < -0.39 is 27.9 Å². The molecule has 1 fully saturated rings. The van der Waals surface area contributed by atoms with Crippen molar-refractivity contribution >= 4 is 27.5 Å². The zero-order valence-corrected chi connectivity index (χ0v) is 18.6. The number of carbonyl (C=O) groups excluding carboxylic acids is 1. The van der Waals surface area contributed by atoms with E-state index in [4.69, 9.17) is 0 Å². The van der Waals surface area contributed by atoms with Crippen LogP contribution in [0.4, 0.5) is 18.9 Å². The van der Waals surface area contributed by atoms with Gasteiger partial charge in [-0.15, -0.1) is 0 Å². The Kier molecular flexibility index (Phi) is 5.59. The van der Waals surface area contributed by atoms with Crippen LogP contribution in [0.3, 0.4) is 0 Å². The minimum atomic E-state index is -4.62. The lowest BCUT2D eigenvalue weighted by atomic mass is 9.99. The zero-order valence-electron chi connectivity index (χ0n) is 17.8. The number of hydrogen-bond acceptors (Lipinski definition) is 7. The summed E-state index contributed by atoms with van der Waals surface area (Å²) < 4.78 is 66.0. The smallest absolute Gasteiger partial charge is 0.343 e. The molecule has 5 rings (SSSR count). The predicted molar refractivity (Wildman–Crippen MR) is 117 cm³/mol. The molecule has 13 heteroatoms. The number of rotatable bonds is 4. The summed E-state index contributed by atoms with van der Waals surface area (Å²) in [5.74, 6) is 0.430. The van der Waals surface area contributed by atoms with Crippen molar-refractivity contribution in [3.05, 3.63) is 59.2 Å². The molecule has 0 aromatic heterocycles. The Morgan fingerprint density at radius 2 is 1.79 bits per heavy atom. The number of nitrogens with zero attached hydrogens (tertiary/aromatic N) is 3. The normalized spacial score (nSPS) is 21.3. The summed E-state index contributed by atoms with van der Waals surface area (Å²) in [6.07, 6.45) is -5.05. The fourth-order valence-corrected chi connectivity index (χ4v) is 5.75. The third-order valence-corrected chi connectivity index (χ3v) is 7.91. The molecule has 0 radical (unpaired) electrons. The highest BCUT2D eigenvalue weighted by Gasteiger charge is 2.35. The fraction of sp³-hybridized carbons (Fsp3) is 0.333. The number of nitrogens with one attached hydrogen (secondary N) is 3. The summed E-state index contributed by atoms with van der Waals surface area (Å²) in [6.45, 7) is 1.49. The topological polar surface area (TPSA) is 106 Å². The van der Waals surface area contributed by atoms with E-state index in [0.29, 0.717) is 37.1 Å². The first-order chi connectivity index (χ1) is 16.1. The monoisotopic (exact) mass is 494 g/mol. The van der Waals surface area contributed by atoms with E-state index in [0.717, 1.165) is 23.4 Å². The molecule has 180 valence electrons. The fourth-order valence-electron chi connectivity index (χ4n) is 4.28. The Hall–Kier alpha value is -3.00. The molecule has 34 heavy (non-hydrogen) atoms. The number of amides is 1. The standard InChI is InChI=1S/C21H21F3N6O3S/c22-21(23,24)13-3-1-4-14(11-13)34(32,33)30-9-7-29(8-10-30)12-17-25-16-6-2-5-15-18(16)19(26-17)27-28-20(15)31/h1-6,11,19,27H,7-10,12H2,(H,25,26)(H,28,31). The number of aliphatic imine (C=N–C) groups is 1. The average molecular weight is 494 g/mol.